The fraction of sp³-hybridized carbons (Fsp3) is 0.222. The van der Waals surface area contributed by atoms with Crippen LogP contribution in [0.3, 0.4) is 0 Å². The lowest BCUT2D eigenvalue weighted by Gasteiger charge is -2.36. The normalized spacial score (nSPS) is 13.4. The van der Waals surface area contributed by atoms with E-state index < -0.39 is 0 Å². The molecule has 37 heavy (non-hydrogen) atoms. The van der Waals surface area contributed by atoms with E-state index in [0.717, 1.165) is 29.9 Å². The molecule has 2 aromatic heterocycles. The molecule has 1 fully saturated rings. The Hall–Kier alpha value is -4.18. The lowest BCUT2D eigenvalue weighted by molar-refractivity contribution is -0.113. The lowest BCUT2D eigenvalue weighted by Crippen LogP contribution is -2.48. The molecule has 1 aliphatic rings. The van der Waals surface area contributed by atoms with Crippen LogP contribution >= 0.6 is 11.8 Å². The molecule has 0 atom stereocenters. The van der Waals surface area contributed by atoms with Crippen molar-refractivity contribution >= 4 is 35.0 Å². The Balaban J connectivity index is 1.09. The Bertz CT molecular complexity index is 1370. The van der Waals surface area contributed by atoms with Crippen LogP contribution in [0.15, 0.2) is 82.6 Å². The SMILES string of the molecule is Cc1cccc(C(=O)N2CCN(c3ccc(NC(=O)CSc4nnc(-c5ccccn5)o4)cc3)CC2)c1. The largest absolute Gasteiger partial charge is 0.410 e. The zero-order chi connectivity index (χ0) is 25.6. The van der Waals surface area contributed by atoms with Crippen molar-refractivity contribution < 1.29 is 14.0 Å². The maximum absolute atomic E-state index is 12.8. The van der Waals surface area contributed by atoms with Gasteiger partial charge in [-0.05, 0) is 55.5 Å². The van der Waals surface area contributed by atoms with Crippen LogP contribution < -0.4 is 10.2 Å². The first-order chi connectivity index (χ1) is 18.0. The van der Waals surface area contributed by atoms with Crippen molar-refractivity contribution in [3.8, 4) is 11.6 Å². The minimum absolute atomic E-state index is 0.0766. The summed E-state index contributed by atoms with van der Waals surface area (Å²) < 4.78 is 5.57. The first-order valence-electron chi connectivity index (χ1n) is 11.9. The van der Waals surface area contributed by atoms with Crippen molar-refractivity contribution in [1.29, 1.82) is 0 Å². The molecule has 0 radical (unpaired) electrons. The molecule has 188 valence electrons. The summed E-state index contributed by atoms with van der Waals surface area (Å²) in [6.07, 6.45) is 1.65. The van der Waals surface area contributed by atoms with Gasteiger partial charge in [0.15, 0.2) is 0 Å². The summed E-state index contributed by atoms with van der Waals surface area (Å²) in [6, 6.07) is 20.9. The number of hydrogen-bond donors (Lipinski definition) is 1. The number of benzene rings is 2. The fourth-order valence-corrected chi connectivity index (χ4v) is 4.63. The van der Waals surface area contributed by atoms with Crippen molar-refractivity contribution in [3.05, 3.63) is 84.1 Å². The highest BCUT2D eigenvalue weighted by atomic mass is 32.2. The fourth-order valence-electron chi connectivity index (χ4n) is 4.07. The third-order valence-corrected chi connectivity index (χ3v) is 6.78. The maximum atomic E-state index is 12.8. The first-order valence-corrected chi connectivity index (χ1v) is 12.9. The summed E-state index contributed by atoms with van der Waals surface area (Å²) >= 11 is 1.17. The topological polar surface area (TPSA) is 104 Å². The van der Waals surface area contributed by atoms with Crippen LogP contribution in [-0.2, 0) is 4.79 Å². The van der Waals surface area contributed by atoms with Crippen LogP contribution in [0.25, 0.3) is 11.6 Å². The van der Waals surface area contributed by atoms with E-state index in [0.29, 0.717) is 35.6 Å². The van der Waals surface area contributed by atoms with Crippen molar-refractivity contribution in [2.24, 2.45) is 0 Å². The molecule has 1 N–H and O–H groups in total. The zero-order valence-corrected chi connectivity index (χ0v) is 21.1. The minimum Gasteiger partial charge on any atom is -0.410 e. The van der Waals surface area contributed by atoms with Crippen molar-refractivity contribution in [2.75, 3.05) is 42.1 Å². The number of hydrogen-bond acceptors (Lipinski definition) is 8. The molecular weight excluding hydrogens is 488 g/mol. The summed E-state index contributed by atoms with van der Waals surface area (Å²) in [5, 5.41) is 11.1. The molecule has 2 amide bonds. The van der Waals surface area contributed by atoms with Gasteiger partial charge in [-0.15, -0.1) is 10.2 Å². The first kappa shape index (κ1) is 24.5. The predicted molar refractivity (Wildman–Crippen MR) is 143 cm³/mol. The number of carbonyl (C=O) groups excluding carboxylic acids is 2. The Morgan fingerprint density at radius 3 is 2.51 bits per heavy atom. The minimum atomic E-state index is -0.168. The summed E-state index contributed by atoms with van der Waals surface area (Å²) in [7, 11) is 0. The Morgan fingerprint density at radius 1 is 0.973 bits per heavy atom. The number of nitrogens with zero attached hydrogens (tertiary/aromatic N) is 5. The number of nitrogens with one attached hydrogen (secondary N) is 1. The number of carbonyl (C=O) groups is 2. The molecule has 0 unspecified atom stereocenters. The van der Waals surface area contributed by atoms with Crippen LogP contribution in [0.2, 0.25) is 0 Å². The Labute approximate surface area is 218 Å². The Morgan fingerprint density at radius 2 is 1.78 bits per heavy atom. The molecule has 9 nitrogen and oxygen atoms in total. The molecule has 0 saturated carbocycles. The zero-order valence-electron chi connectivity index (χ0n) is 20.3. The van der Waals surface area contributed by atoms with E-state index in [9.17, 15) is 9.59 Å². The van der Waals surface area contributed by atoms with Crippen LogP contribution in [0.5, 0.6) is 0 Å². The van der Waals surface area contributed by atoms with E-state index in [1.54, 1.807) is 12.3 Å². The Kier molecular flexibility index (Phi) is 7.46. The highest BCUT2D eigenvalue weighted by molar-refractivity contribution is 7.99. The number of rotatable bonds is 7. The van der Waals surface area contributed by atoms with Crippen molar-refractivity contribution in [2.45, 2.75) is 12.1 Å². The smallest absolute Gasteiger partial charge is 0.277 e. The quantitative estimate of drug-likeness (QED) is 0.367. The van der Waals surface area contributed by atoms with E-state index >= 15 is 0 Å². The van der Waals surface area contributed by atoms with Gasteiger partial charge >= 0.3 is 0 Å². The molecule has 1 aliphatic heterocycles. The van der Waals surface area contributed by atoms with Gasteiger partial charge in [0.25, 0.3) is 17.0 Å². The van der Waals surface area contributed by atoms with E-state index in [4.69, 9.17) is 4.42 Å². The third kappa shape index (κ3) is 6.15. The van der Waals surface area contributed by atoms with Crippen molar-refractivity contribution in [3.63, 3.8) is 0 Å². The second-order valence-electron chi connectivity index (χ2n) is 8.62. The number of pyridine rings is 1. The summed E-state index contributed by atoms with van der Waals surface area (Å²) in [4.78, 5) is 33.5. The molecule has 2 aromatic carbocycles. The summed E-state index contributed by atoms with van der Waals surface area (Å²) in [5.74, 6) is 0.369. The second-order valence-corrected chi connectivity index (χ2v) is 9.55. The summed E-state index contributed by atoms with van der Waals surface area (Å²) in [6.45, 7) is 4.84. The molecule has 4 aromatic rings. The van der Waals surface area contributed by atoms with Gasteiger partial charge in [-0.2, -0.15) is 0 Å². The number of amides is 2. The van der Waals surface area contributed by atoms with Crippen LogP contribution in [0.4, 0.5) is 11.4 Å². The van der Waals surface area contributed by atoms with Gasteiger partial charge in [-0.1, -0.05) is 35.5 Å². The van der Waals surface area contributed by atoms with Gasteiger partial charge in [-0.3, -0.25) is 14.6 Å². The molecule has 5 rings (SSSR count). The number of thioether (sulfide) groups is 1. The van der Waals surface area contributed by atoms with E-state index in [1.807, 2.05) is 72.5 Å². The highest BCUT2D eigenvalue weighted by Crippen LogP contribution is 2.23. The van der Waals surface area contributed by atoms with E-state index in [-0.39, 0.29) is 17.6 Å². The molecule has 1 saturated heterocycles. The molecule has 10 heteroatoms. The average Bonchev–Trinajstić information content (AvgIpc) is 3.42. The van der Waals surface area contributed by atoms with Gasteiger partial charge in [0.2, 0.25) is 5.91 Å². The predicted octanol–water partition coefficient (Wildman–Crippen LogP) is 4.13. The van der Waals surface area contributed by atoms with Crippen molar-refractivity contribution in [1.82, 2.24) is 20.1 Å². The average molecular weight is 515 g/mol. The molecular formula is C27H26N6O3S. The monoisotopic (exact) mass is 514 g/mol. The molecule has 0 aliphatic carbocycles. The van der Waals surface area contributed by atoms with Gasteiger partial charge < -0.3 is 19.5 Å². The van der Waals surface area contributed by atoms with Crippen LogP contribution in [-0.4, -0.2) is 63.8 Å². The van der Waals surface area contributed by atoms with Gasteiger partial charge in [0.05, 0.1) is 5.75 Å². The summed E-state index contributed by atoms with van der Waals surface area (Å²) in [5.41, 5.74) is 4.18. The standard InChI is InChI=1S/C27H26N6O3S/c1-19-5-4-6-20(17-19)26(35)33-15-13-32(14-16-33)22-10-8-21(9-11-22)29-24(34)18-37-27-31-30-25(36-27)23-7-2-3-12-28-23/h2-12,17H,13-16,18H2,1H3,(H,29,34). The molecule has 0 spiro atoms. The number of anilines is 2. The maximum Gasteiger partial charge on any atom is 0.277 e. The lowest BCUT2D eigenvalue weighted by atomic mass is 10.1. The third-order valence-electron chi connectivity index (χ3n) is 5.97. The van der Waals surface area contributed by atoms with Crippen LogP contribution in [0, 0.1) is 6.92 Å². The van der Waals surface area contributed by atoms with E-state index in [2.05, 4.69) is 25.4 Å². The van der Waals surface area contributed by atoms with Crippen LogP contribution in [0.1, 0.15) is 15.9 Å². The van der Waals surface area contributed by atoms with Gasteiger partial charge in [-0.25, -0.2) is 0 Å². The highest BCUT2D eigenvalue weighted by Gasteiger charge is 2.22. The second kappa shape index (κ2) is 11.3. The number of aromatic nitrogens is 3. The van der Waals surface area contributed by atoms with Gasteiger partial charge in [0.1, 0.15) is 5.69 Å². The molecule has 3 heterocycles. The van der Waals surface area contributed by atoms with E-state index in [1.165, 1.54) is 11.8 Å². The number of piperazine rings is 1. The number of aryl methyl sites for hydroxylation is 1. The van der Waals surface area contributed by atoms with Gasteiger partial charge in [0, 0.05) is 49.3 Å². The molecule has 0 bridgehead atoms.